The Bertz CT molecular complexity index is 1140. The number of aryl methyl sites for hydroxylation is 3. The number of nitrogen functional groups attached to an aromatic ring is 1. The molecule has 152 valence electrons. The van der Waals surface area contributed by atoms with Crippen molar-refractivity contribution in [1.82, 2.24) is 9.97 Å². The fourth-order valence-electron chi connectivity index (χ4n) is 3.53. The lowest BCUT2D eigenvalue weighted by Gasteiger charge is -2.11. The van der Waals surface area contributed by atoms with Gasteiger partial charge in [0.25, 0.3) is 5.91 Å². The van der Waals surface area contributed by atoms with Crippen LogP contribution in [-0.2, 0) is 17.6 Å². The highest BCUT2D eigenvalue weighted by molar-refractivity contribution is 7.99. The molecule has 2 amide bonds. The van der Waals surface area contributed by atoms with Crippen LogP contribution >= 0.6 is 34.4 Å². The molecule has 5 N–H and O–H groups in total. The molecular weight excluding hydrogens is 426 g/mol. The molecule has 0 spiro atoms. The maximum atomic E-state index is 12.5. The summed E-state index contributed by atoms with van der Waals surface area (Å²) < 4.78 is 0. The summed E-state index contributed by atoms with van der Waals surface area (Å²) in [6.45, 7) is 4.03. The number of hydrogen-bond acceptors (Lipinski definition) is 8. The second-order valence-corrected chi connectivity index (χ2v) is 10.2. The Hall–Kier alpha value is -2.17. The van der Waals surface area contributed by atoms with Crippen molar-refractivity contribution in [2.24, 2.45) is 5.73 Å². The van der Waals surface area contributed by atoms with Gasteiger partial charge in [0, 0.05) is 9.75 Å². The normalized spacial score (nSPS) is 13.4. The summed E-state index contributed by atoms with van der Waals surface area (Å²) >= 11 is 4.25. The van der Waals surface area contributed by atoms with Crippen molar-refractivity contribution in [3.8, 4) is 0 Å². The van der Waals surface area contributed by atoms with Crippen molar-refractivity contribution in [1.29, 1.82) is 0 Å². The second-order valence-electron chi connectivity index (χ2n) is 6.97. The van der Waals surface area contributed by atoms with Gasteiger partial charge in [-0.2, -0.15) is 0 Å². The van der Waals surface area contributed by atoms with Crippen LogP contribution in [0.25, 0.3) is 10.2 Å². The Kier molecular flexibility index (Phi) is 5.50. The van der Waals surface area contributed by atoms with E-state index in [1.54, 1.807) is 11.3 Å². The van der Waals surface area contributed by atoms with Crippen molar-refractivity contribution < 1.29 is 9.59 Å². The molecule has 0 saturated heterocycles. The third-order valence-corrected chi connectivity index (χ3v) is 8.19. The monoisotopic (exact) mass is 447 g/mol. The molecule has 0 saturated carbocycles. The summed E-state index contributed by atoms with van der Waals surface area (Å²) in [6, 6.07) is 0. The molecule has 10 heteroatoms. The molecule has 4 rings (SSSR count). The van der Waals surface area contributed by atoms with Crippen LogP contribution < -0.4 is 16.8 Å². The van der Waals surface area contributed by atoms with Gasteiger partial charge < -0.3 is 16.8 Å². The number of primary amides is 1. The van der Waals surface area contributed by atoms with Crippen LogP contribution in [0.5, 0.6) is 0 Å². The van der Waals surface area contributed by atoms with E-state index in [-0.39, 0.29) is 11.7 Å². The molecule has 0 atom stereocenters. The zero-order chi connectivity index (χ0) is 20.7. The van der Waals surface area contributed by atoms with E-state index in [9.17, 15) is 9.59 Å². The fourth-order valence-corrected chi connectivity index (χ4v) is 6.59. The predicted molar refractivity (Wildman–Crippen MR) is 120 cm³/mol. The molecule has 0 aliphatic heterocycles. The number of thiophene rings is 2. The highest BCUT2D eigenvalue weighted by Gasteiger charge is 2.25. The van der Waals surface area contributed by atoms with Gasteiger partial charge in [0.05, 0.1) is 16.7 Å². The van der Waals surface area contributed by atoms with E-state index in [4.69, 9.17) is 11.5 Å². The first-order chi connectivity index (χ1) is 13.8. The lowest BCUT2D eigenvalue weighted by atomic mass is 9.95. The summed E-state index contributed by atoms with van der Waals surface area (Å²) in [6.07, 6.45) is 3.90. The SMILES string of the molecule is Cc1sc2nc(SCC(=O)Nc3sc4c(c3C(N)=O)CCCC4)nc(N)c2c1C. The van der Waals surface area contributed by atoms with Crippen LogP contribution in [0.3, 0.4) is 0 Å². The standard InChI is InChI=1S/C19H21N5O2S3/c1-8-9(2)28-17-13(8)15(20)23-19(24-17)27-7-12(25)22-18-14(16(21)26)10-5-3-4-6-11(10)29-18/h3-7H2,1-2H3,(H2,21,26)(H,22,25)(H2,20,23,24). The Morgan fingerprint density at radius 3 is 2.69 bits per heavy atom. The van der Waals surface area contributed by atoms with Gasteiger partial charge in [-0.15, -0.1) is 22.7 Å². The number of nitrogens with two attached hydrogens (primary N) is 2. The van der Waals surface area contributed by atoms with Gasteiger partial charge in [-0.3, -0.25) is 9.59 Å². The number of aromatic nitrogens is 2. The Labute approximate surface area is 180 Å². The van der Waals surface area contributed by atoms with Crippen LogP contribution in [0.15, 0.2) is 5.16 Å². The number of anilines is 2. The molecular formula is C19H21N5O2S3. The molecule has 3 heterocycles. The average molecular weight is 448 g/mol. The summed E-state index contributed by atoms with van der Waals surface area (Å²) in [7, 11) is 0. The van der Waals surface area contributed by atoms with E-state index in [0.29, 0.717) is 21.5 Å². The maximum absolute atomic E-state index is 12.5. The summed E-state index contributed by atoms with van der Waals surface area (Å²) in [4.78, 5) is 36.5. The third kappa shape index (κ3) is 3.84. The lowest BCUT2D eigenvalue weighted by Crippen LogP contribution is -2.19. The van der Waals surface area contributed by atoms with Gasteiger partial charge in [-0.1, -0.05) is 11.8 Å². The molecule has 0 radical (unpaired) electrons. The quantitative estimate of drug-likeness (QED) is 0.405. The lowest BCUT2D eigenvalue weighted by molar-refractivity contribution is -0.113. The van der Waals surface area contributed by atoms with E-state index < -0.39 is 5.91 Å². The van der Waals surface area contributed by atoms with Crippen molar-refractivity contribution >= 4 is 67.3 Å². The second kappa shape index (κ2) is 7.92. The Morgan fingerprint density at radius 2 is 1.93 bits per heavy atom. The third-order valence-electron chi connectivity index (χ3n) is 5.04. The average Bonchev–Trinajstić information content (AvgIpc) is 3.17. The zero-order valence-electron chi connectivity index (χ0n) is 16.1. The highest BCUT2D eigenvalue weighted by atomic mass is 32.2. The van der Waals surface area contributed by atoms with Gasteiger partial charge in [-0.05, 0) is 50.7 Å². The number of carbonyl (C=O) groups is 2. The number of carbonyl (C=O) groups excluding carboxylic acids is 2. The van der Waals surface area contributed by atoms with Crippen LogP contribution in [0.2, 0.25) is 0 Å². The number of hydrogen-bond donors (Lipinski definition) is 3. The van der Waals surface area contributed by atoms with Crippen LogP contribution in [0, 0.1) is 13.8 Å². The van der Waals surface area contributed by atoms with Crippen molar-refractivity contribution in [3.05, 3.63) is 26.4 Å². The minimum atomic E-state index is -0.489. The smallest absolute Gasteiger partial charge is 0.251 e. The largest absolute Gasteiger partial charge is 0.383 e. The molecule has 1 aliphatic carbocycles. The summed E-state index contributed by atoms with van der Waals surface area (Å²) in [5.41, 5.74) is 14.3. The van der Waals surface area contributed by atoms with Gasteiger partial charge in [0.15, 0.2) is 5.16 Å². The number of fused-ring (bicyclic) bond motifs is 2. The Morgan fingerprint density at radius 1 is 1.17 bits per heavy atom. The van der Waals surface area contributed by atoms with Crippen molar-refractivity contribution in [2.45, 2.75) is 44.7 Å². The summed E-state index contributed by atoms with van der Waals surface area (Å²) in [5, 5.41) is 4.76. The molecule has 0 unspecified atom stereocenters. The topological polar surface area (TPSA) is 124 Å². The van der Waals surface area contributed by atoms with Gasteiger partial charge >= 0.3 is 0 Å². The number of nitrogens with one attached hydrogen (secondary N) is 1. The predicted octanol–water partition coefficient (Wildman–Crippen LogP) is 3.66. The number of rotatable bonds is 5. The molecule has 0 aromatic carbocycles. The maximum Gasteiger partial charge on any atom is 0.251 e. The first kappa shape index (κ1) is 20.1. The number of nitrogens with zero attached hydrogens (tertiary/aromatic N) is 2. The minimum Gasteiger partial charge on any atom is -0.383 e. The van der Waals surface area contributed by atoms with E-state index in [1.165, 1.54) is 23.1 Å². The molecule has 3 aromatic heterocycles. The minimum absolute atomic E-state index is 0.120. The first-order valence-electron chi connectivity index (χ1n) is 9.25. The Balaban J connectivity index is 1.49. The van der Waals surface area contributed by atoms with Gasteiger partial charge in [0.2, 0.25) is 5.91 Å². The first-order valence-corrected chi connectivity index (χ1v) is 11.9. The van der Waals surface area contributed by atoms with Crippen molar-refractivity contribution in [2.75, 3.05) is 16.8 Å². The van der Waals surface area contributed by atoms with Crippen LogP contribution in [0.4, 0.5) is 10.8 Å². The molecule has 0 bridgehead atoms. The van der Waals surface area contributed by atoms with Crippen LogP contribution in [-0.4, -0.2) is 27.5 Å². The number of thioether (sulfide) groups is 1. The summed E-state index contributed by atoms with van der Waals surface area (Å²) in [5.74, 6) is -0.161. The van der Waals surface area contributed by atoms with E-state index >= 15 is 0 Å². The molecule has 3 aromatic rings. The van der Waals surface area contributed by atoms with E-state index in [2.05, 4.69) is 15.3 Å². The highest BCUT2D eigenvalue weighted by Crippen LogP contribution is 2.38. The molecule has 0 fully saturated rings. The van der Waals surface area contributed by atoms with Crippen LogP contribution in [0.1, 0.15) is 44.1 Å². The zero-order valence-corrected chi connectivity index (χ0v) is 18.6. The molecule has 1 aliphatic rings. The van der Waals surface area contributed by atoms with Crippen molar-refractivity contribution in [3.63, 3.8) is 0 Å². The van der Waals surface area contributed by atoms with Gasteiger partial charge in [-0.25, -0.2) is 9.97 Å². The van der Waals surface area contributed by atoms with E-state index in [0.717, 1.165) is 56.8 Å². The number of amides is 2. The van der Waals surface area contributed by atoms with Gasteiger partial charge in [0.1, 0.15) is 15.6 Å². The fraction of sp³-hybridized carbons (Fsp3) is 0.368. The van der Waals surface area contributed by atoms with E-state index in [1.807, 2.05) is 13.8 Å². The molecule has 29 heavy (non-hydrogen) atoms. The molecule has 7 nitrogen and oxygen atoms in total.